The summed E-state index contributed by atoms with van der Waals surface area (Å²) in [6.07, 6.45) is 6.11. The molecule has 1 fully saturated rings. The third kappa shape index (κ3) is 2.66. The summed E-state index contributed by atoms with van der Waals surface area (Å²) in [7, 11) is 0. The van der Waals surface area contributed by atoms with Gasteiger partial charge < -0.3 is 4.57 Å². The number of pyridine rings is 1. The number of rotatable bonds is 3. The van der Waals surface area contributed by atoms with Gasteiger partial charge in [0, 0.05) is 23.1 Å². The van der Waals surface area contributed by atoms with Gasteiger partial charge in [-0.25, -0.2) is 0 Å². The molecule has 1 aliphatic rings. The van der Waals surface area contributed by atoms with Gasteiger partial charge in [-0.3, -0.25) is 4.79 Å². The number of thiol groups is 1. The minimum absolute atomic E-state index is 0.183. The van der Waals surface area contributed by atoms with Crippen LogP contribution in [0.4, 0.5) is 0 Å². The minimum Gasteiger partial charge on any atom is -0.309 e. The molecule has 2 rings (SSSR count). The van der Waals surface area contributed by atoms with E-state index in [2.05, 4.69) is 37.1 Å². The van der Waals surface area contributed by atoms with Crippen LogP contribution in [0, 0.1) is 0 Å². The number of hydrogen-bond acceptors (Lipinski definition) is 2. The van der Waals surface area contributed by atoms with Crippen LogP contribution in [0.2, 0.25) is 0 Å². The molecule has 1 aromatic heterocycles. The van der Waals surface area contributed by atoms with E-state index in [9.17, 15) is 4.79 Å². The first kappa shape index (κ1) is 13.7. The first-order valence-corrected chi connectivity index (χ1v) is 7.63. The molecule has 0 aromatic carbocycles. The highest BCUT2D eigenvalue weighted by atomic mass is 32.1. The van der Waals surface area contributed by atoms with Crippen LogP contribution in [0.25, 0.3) is 0 Å². The summed E-state index contributed by atoms with van der Waals surface area (Å²) >= 11 is 4.26. The van der Waals surface area contributed by atoms with Crippen molar-refractivity contribution in [2.75, 3.05) is 0 Å². The first-order chi connectivity index (χ1) is 8.65. The number of hydrogen-bond donors (Lipinski definition) is 1. The topological polar surface area (TPSA) is 22.0 Å². The van der Waals surface area contributed by atoms with Crippen molar-refractivity contribution in [3.05, 3.63) is 33.7 Å². The van der Waals surface area contributed by atoms with E-state index in [0.717, 1.165) is 18.4 Å². The Kier molecular flexibility index (Phi) is 4.55. The molecule has 0 spiro atoms. The van der Waals surface area contributed by atoms with E-state index < -0.39 is 0 Å². The van der Waals surface area contributed by atoms with Gasteiger partial charge in [-0.2, -0.15) is 12.6 Å². The lowest BCUT2D eigenvalue weighted by atomic mass is 9.94. The van der Waals surface area contributed by atoms with Crippen molar-refractivity contribution in [1.82, 2.24) is 4.57 Å². The average Bonchev–Trinajstić information content (AvgIpc) is 2.39. The lowest BCUT2D eigenvalue weighted by Gasteiger charge is -2.28. The van der Waals surface area contributed by atoms with Crippen LogP contribution in [0.1, 0.15) is 69.2 Å². The molecule has 1 heterocycles. The van der Waals surface area contributed by atoms with Gasteiger partial charge in [0.15, 0.2) is 0 Å². The monoisotopic (exact) mass is 265 g/mol. The number of nitrogens with zero attached hydrogens (tertiary/aromatic N) is 1. The fourth-order valence-corrected chi connectivity index (χ4v) is 3.16. The van der Waals surface area contributed by atoms with Crippen LogP contribution in [0.5, 0.6) is 0 Å². The van der Waals surface area contributed by atoms with E-state index in [1.807, 2.05) is 6.07 Å². The quantitative estimate of drug-likeness (QED) is 0.822. The van der Waals surface area contributed by atoms with E-state index in [4.69, 9.17) is 0 Å². The van der Waals surface area contributed by atoms with Crippen LogP contribution >= 0.6 is 12.6 Å². The van der Waals surface area contributed by atoms with E-state index in [1.54, 1.807) is 0 Å². The van der Waals surface area contributed by atoms with Crippen LogP contribution < -0.4 is 5.56 Å². The molecule has 0 aliphatic heterocycles. The molecule has 2 nitrogen and oxygen atoms in total. The van der Waals surface area contributed by atoms with Crippen molar-refractivity contribution in [3.8, 4) is 0 Å². The average molecular weight is 265 g/mol. The van der Waals surface area contributed by atoms with Gasteiger partial charge in [0.25, 0.3) is 5.56 Å². The second kappa shape index (κ2) is 5.96. The standard InChI is InChI=1S/C15H23NOS/c1-11(2)14-9-8-12(10-18)15(17)16(14)13-6-4-3-5-7-13/h8-9,11,13,18H,3-7,10H2,1-2H3. The summed E-state index contributed by atoms with van der Waals surface area (Å²) in [4.78, 5) is 12.5. The highest BCUT2D eigenvalue weighted by Gasteiger charge is 2.21. The lowest BCUT2D eigenvalue weighted by Crippen LogP contribution is -2.31. The normalized spacial score (nSPS) is 17.3. The third-order valence-corrected chi connectivity index (χ3v) is 4.27. The van der Waals surface area contributed by atoms with Gasteiger partial charge in [0.05, 0.1) is 0 Å². The second-order valence-electron chi connectivity index (χ2n) is 5.56. The van der Waals surface area contributed by atoms with Gasteiger partial charge in [0.1, 0.15) is 0 Å². The van der Waals surface area contributed by atoms with E-state index in [1.165, 1.54) is 25.0 Å². The van der Waals surface area contributed by atoms with E-state index >= 15 is 0 Å². The molecule has 0 bridgehead atoms. The van der Waals surface area contributed by atoms with Crippen molar-refractivity contribution in [2.24, 2.45) is 0 Å². The molecule has 0 radical (unpaired) electrons. The van der Waals surface area contributed by atoms with Gasteiger partial charge in [-0.15, -0.1) is 0 Å². The Morgan fingerprint density at radius 2 is 1.94 bits per heavy atom. The molecule has 0 amide bonds. The number of aromatic nitrogens is 1. The summed E-state index contributed by atoms with van der Waals surface area (Å²) in [6.45, 7) is 4.32. The van der Waals surface area contributed by atoms with Gasteiger partial charge in [-0.1, -0.05) is 39.2 Å². The molecule has 0 atom stereocenters. The Hall–Kier alpha value is -0.700. The molecule has 0 saturated heterocycles. The Bertz CT molecular complexity index is 458. The van der Waals surface area contributed by atoms with Crippen LogP contribution in [-0.4, -0.2) is 4.57 Å². The highest BCUT2D eigenvalue weighted by molar-refractivity contribution is 7.79. The molecular formula is C15H23NOS. The van der Waals surface area contributed by atoms with Gasteiger partial charge in [0.2, 0.25) is 0 Å². The Morgan fingerprint density at radius 3 is 2.50 bits per heavy atom. The van der Waals surface area contributed by atoms with E-state index in [-0.39, 0.29) is 5.56 Å². The molecule has 1 saturated carbocycles. The predicted molar refractivity (Wildman–Crippen MR) is 79.6 cm³/mol. The van der Waals surface area contributed by atoms with Crippen LogP contribution in [0.15, 0.2) is 16.9 Å². The summed E-state index contributed by atoms with van der Waals surface area (Å²) < 4.78 is 2.06. The van der Waals surface area contributed by atoms with Crippen molar-refractivity contribution < 1.29 is 0 Å². The summed E-state index contributed by atoms with van der Waals surface area (Å²) in [5.41, 5.74) is 2.19. The minimum atomic E-state index is 0.183. The summed E-state index contributed by atoms with van der Waals surface area (Å²) in [6, 6.07) is 4.47. The maximum Gasteiger partial charge on any atom is 0.255 e. The molecular weight excluding hydrogens is 242 g/mol. The van der Waals surface area contributed by atoms with E-state index in [0.29, 0.717) is 17.7 Å². The molecule has 0 unspecified atom stereocenters. The molecule has 100 valence electrons. The highest BCUT2D eigenvalue weighted by Crippen LogP contribution is 2.29. The fraction of sp³-hybridized carbons (Fsp3) is 0.667. The maximum absolute atomic E-state index is 12.5. The Balaban J connectivity index is 2.49. The zero-order valence-electron chi connectivity index (χ0n) is 11.4. The zero-order valence-corrected chi connectivity index (χ0v) is 12.2. The third-order valence-electron chi connectivity index (χ3n) is 3.93. The fourth-order valence-electron chi connectivity index (χ4n) is 2.92. The molecule has 3 heteroatoms. The maximum atomic E-state index is 12.5. The van der Waals surface area contributed by atoms with Crippen molar-refractivity contribution >= 4 is 12.6 Å². The molecule has 18 heavy (non-hydrogen) atoms. The second-order valence-corrected chi connectivity index (χ2v) is 5.88. The van der Waals surface area contributed by atoms with Gasteiger partial charge >= 0.3 is 0 Å². The van der Waals surface area contributed by atoms with Crippen molar-refractivity contribution in [1.29, 1.82) is 0 Å². The first-order valence-electron chi connectivity index (χ1n) is 7.00. The molecule has 1 aliphatic carbocycles. The SMILES string of the molecule is CC(C)c1ccc(CS)c(=O)n1C1CCCCC1. The van der Waals surface area contributed by atoms with Crippen molar-refractivity contribution in [2.45, 2.75) is 63.7 Å². The Labute approximate surface area is 115 Å². The molecule has 0 N–H and O–H groups in total. The van der Waals surface area contributed by atoms with Crippen LogP contribution in [-0.2, 0) is 5.75 Å². The van der Waals surface area contributed by atoms with Crippen molar-refractivity contribution in [3.63, 3.8) is 0 Å². The van der Waals surface area contributed by atoms with Gasteiger partial charge in [-0.05, 0) is 24.8 Å². The summed E-state index contributed by atoms with van der Waals surface area (Å²) in [5.74, 6) is 0.929. The smallest absolute Gasteiger partial charge is 0.255 e. The lowest BCUT2D eigenvalue weighted by molar-refractivity contribution is 0.335. The largest absolute Gasteiger partial charge is 0.309 e. The Morgan fingerprint density at radius 1 is 1.28 bits per heavy atom. The zero-order chi connectivity index (χ0) is 13.1. The molecule has 1 aromatic rings. The summed E-state index contributed by atoms with van der Waals surface area (Å²) in [5, 5.41) is 0. The van der Waals surface area contributed by atoms with Crippen LogP contribution in [0.3, 0.4) is 0 Å². The predicted octanol–water partition coefficient (Wildman–Crippen LogP) is 3.91.